The van der Waals surface area contributed by atoms with Crippen LogP contribution in [0.3, 0.4) is 0 Å². The van der Waals surface area contributed by atoms with Gasteiger partial charge in [0.25, 0.3) is 6.17 Å². The van der Waals surface area contributed by atoms with Gasteiger partial charge in [0, 0.05) is 18.4 Å². The van der Waals surface area contributed by atoms with E-state index in [0.29, 0.717) is 17.3 Å². The number of carbonyl (C=O) groups excluding carboxylic acids is 1. The Balaban J connectivity index is 2.26. The van der Waals surface area contributed by atoms with Gasteiger partial charge in [-0.2, -0.15) is 0 Å². The van der Waals surface area contributed by atoms with Crippen molar-refractivity contribution in [1.29, 1.82) is 0 Å². The number of nitrogens with zero attached hydrogens (tertiary/aromatic N) is 3. The predicted octanol–water partition coefficient (Wildman–Crippen LogP) is 2.11. The van der Waals surface area contributed by atoms with E-state index in [1.165, 1.54) is 11.8 Å². The van der Waals surface area contributed by atoms with Gasteiger partial charge in [0.15, 0.2) is 0 Å². The van der Waals surface area contributed by atoms with Gasteiger partial charge in [0.1, 0.15) is 0 Å². The fourth-order valence-corrected chi connectivity index (χ4v) is 3.28. The minimum Gasteiger partial charge on any atom is -0.291 e. The molecule has 0 radical (unpaired) electrons. The number of H-pyrrole nitrogens is 1. The summed E-state index contributed by atoms with van der Waals surface area (Å²) >= 11 is 1.37. The molecule has 2 heterocycles. The summed E-state index contributed by atoms with van der Waals surface area (Å²) in [5, 5.41) is 5.03. The van der Waals surface area contributed by atoms with Crippen molar-refractivity contribution >= 4 is 23.4 Å². The summed E-state index contributed by atoms with van der Waals surface area (Å²) in [4.78, 5) is 29.7. The maximum Gasteiger partial charge on any atom is 0.325 e. The number of anilines is 1. The molecule has 6 nitrogen and oxygen atoms in total. The Labute approximate surface area is 138 Å². The van der Waals surface area contributed by atoms with Gasteiger partial charge in [0.05, 0.1) is 11.3 Å². The standard InChI is InChI=1S/C16H18N4O2S/c1-4-7-13(21)19-10(2)20-14(11-8-5-6-9-12(11)19)15(22)17-16(18-20)23-3/h5-6,8-10H,4,7H2,1-3H3/p+1/t10-/m1/s1. The lowest BCUT2D eigenvalue weighted by Gasteiger charge is -2.30. The fraction of sp³-hybridized carbons (Fsp3) is 0.375. The number of carbonyl (C=O) groups is 1. The minimum absolute atomic E-state index is 0.0402. The first-order valence-corrected chi connectivity index (χ1v) is 8.82. The number of aromatic nitrogens is 3. The van der Waals surface area contributed by atoms with E-state index in [0.717, 1.165) is 17.7 Å². The van der Waals surface area contributed by atoms with E-state index in [-0.39, 0.29) is 17.6 Å². The third kappa shape index (κ3) is 2.55. The SMILES string of the molecule is CCCC(=O)N1c2ccccc2-c2c(=O)[nH]c(SC)n[n+]2[C@@H]1C. The van der Waals surface area contributed by atoms with Gasteiger partial charge in [-0.15, -0.1) is 0 Å². The molecule has 120 valence electrons. The van der Waals surface area contributed by atoms with Crippen molar-refractivity contribution < 1.29 is 9.48 Å². The third-order valence-electron chi connectivity index (χ3n) is 3.94. The summed E-state index contributed by atoms with van der Waals surface area (Å²) in [5.74, 6) is 0.0402. The summed E-state index contributed by atoms with van der Waals surface area (Å²) in [5.41, 5.74) is 1.80. The van der Waals surface area contributed by atoms with Crippen LogP contribution in [-0.2, 0) is 4.79 Å². The van der Waals surface area contributed by atoms with Gasteiger partial charge >= 0.3 is 11.3 Å². The molecule has 1 aromatic heterocycles. The Bertz CT molecular complexity index is 818. The average molecular weight is 331 g/mol. The van der Waals surface area contributed by atoms with Crippen LogP contribution in [0.4, 0.5) is 5.69 Å². The number of rotatable bonds is 3. The summed E-state index contributed by atoms with van der Waals surface area (Å²) in [6, 6.07) is 7.48. The highest BCUT2D eigenvalue weighted by atomic mass is 32.2. The number of thioether (sulfide) groups is 1. The van der Waals surface area contributed by atoms with Gasteiger partial charge in [-0.3, -0.25) is 19.5 Å². The van der Waals surface area contributed by atoms with Gasteiger partial charge in [0.2, 0.25) is 11.1 Å². The van der Waals surface area contributed by atoms with Crippen molar-refractivity contribution in [2.24, 2.45) is 0 Å². The van der Waals surface area contributed by atoms with E-state index >= 15 is 0 Å². The van der Waals surface area contributed by atoms with E-state index in [1.54, 1.807) is 9.58 Å². The van der Waals surface area contributed by atoms with Crippen molar-refractivity contribution in [2.75, 3.05) is 11.2 Å². The van der Waals surface area contributed by atoms with Crippen LogP contribution in [0, 0.1) is 0 Å². The summed E-state index contributed by atoms with van der Waals surface area (Å²) in [6.07, 6.45) is 2.76. The third-order valence-corrected chi connectivity index (χ3v) is 4.51. The Morgan fingerprint density at radius 3 is 2.87 bits per heavy atom. The lowest BCUT2D eigenvalue weighted by atomic mass is 10.0. The molecule has 23 heavy (non-hydrogen) atoms. The highest BCUT2D eigenvalue weighted by Gasteiger charge is 2.41. The molecule has 1 N–H and O–H groups in total. The number of nitrogens with one attached hydrogen (secondary N) is 1. The zero-order valence-electron chi connectivity index (χ0n) is 13.4. The molecule has 0 saturated carbocycles. The molecule has 0 unspecified atom stereocenters. The van der Waals surface area contributed by atoms with E-state index in [1.807, 2.05) is 44.4 Å². The molecule has 1 amide bonds. The van der Waals surface area contributed by atoms with Gasteiger partial charge < -0.3 is 0 Å². The van der Waals surface area contributed by atoms with E-state index in [9.17, 15) is 9.59 Å². The maximum absolute atomic E-state index is 12.6. The van der Waals surface area contributed by atoms with Crippen molar-refractivity contribution in [3.63, 3.8) is 0 Å². The first kappa shape index (κ1) is 15.7. The highest BCUT2D eigenvalue weighted by Crippen LogP contribution is 2.34. The first-order valence-electron chi connectivity index (χ1n) is 7.60. The van der Waals surface area contributed by atoms with Crippen LogP contribution < -0.4 is 15.1 Å². The van der Waals surface area contributed by atoms with Crippen LogP contribution in [0.25, 0.3) is 11.3 Å². The number of hydrogen-bond acceptors (Lipinski definition) is 4. The highest BCUT2D eigenvalue weighted by molar-refractivity contribution is 7.98. The number of hydrogen-bond donors (Lipinski definition) is 1. The molecular weight excluding hydrogens is 312 g/mol. The van der Waals surface area contributed by atoms with E-state index in [2.05, 4.69) is 10.1 Å². The molecule has 1 aromatic carbocycles. The molecule has 1 aliphatic rings. The summed E-state index contributed by atoms with van der Waals surface area (Å²) in [7, 11) is 0. The summed E-state index contributed by atoms with van der Waals surface area (Å²) in [6.45, 7) is 3.87. The number of aromatic amines is 1. The van der Waals surface area contributed by atoms with Crippen LogP contribution in [0.15, 0.2) is 34.2 Å². The molecule has 3 rings (SSSR count). The second kappa shape index (κ2) is 6.16. The average Bonchev–Trinajstić information content (AvgIpc) is 2.55. The Morgan fingerprint density at radius 2 is 2.17 bits per heavy atom. The Kier molecular flexibility index (Phi) is 4.21. The van der Waals surface area contributed by atoms with Crippen LogP contribution in [-0.4, -0.2) is 22.2 Å². The topological polar surface area (TPSA) is 69.9 Å². The molecule has 0 aliphatic carbocycles. The normalized spacial score (nSPS) is 16.0. The van der Waals surface area contributed by atoms with Gasteiger partial charge in [-0.25, -0.2) is 0 Å². The second-order valence-electron chi connectivity index (χ2n) is 5.42. The van der Waals surface area contributed by atoms with Gasteiger partial charge in [-0.1, -0.05) is 35.5 Å². The van der Waals surface area contributed by atoms with Gasteiger partial charge in [-0.05, 0) is 24.8 Å². The van der Waals surface area contributed by atoms with E-state index in [4.69, 9.17) is 0 Å². The molecule has 0 spiro atoms. The minimum atomic E-state index is -0.341. The summed E-state index contributed by atoms with van der Waals surface area (Å²) < 4.78 is 1.65. The molecule has 7 heteroatoms. The van der Waals surface area contributed by atoms with Crippen molar-refractivity contribution in [1.82, 2.24) is 10.1 Å². The molecular formula is C16H19N4O2S+. The molecule has 0 fully saturated rings. The maximum atomic E-state index is 12.6. The molecule has 1 atom stereocenters. The number of para-hydroxylation sites is 1. The van der Waals surface area contributed by atoms with Crippen molar-refractivity contribution in [2.45, 2.75) is 38.0 Å². The van der Waals surface area contributed by atoms with Crippen LogP contribution >= 0.6 is 11.8 Å². The second-order valence-corrected chi connectivity index (χ2v) is 6.21. The van der Waals surface area contributed by atoms with Crippen molar-refractivity contribution in [3.05, 3.63) is 34.6 Å². The number of benzene rings is 1. The smallest absolute Gasteiger partial charge is 0.291 e. The monoisotopic (exact) mass is 331 g/mol. The first-order chi connectivity index (χ1) is 11.1. The lowest BCUT2D eigenvalue weighted by Crippen LogP contribution is -2.59. The van der Waals surface area contributed by atoms with Crippen LogP contribution in [0.2, 0.25) is 0 Å². The van der Waals surface area contributed by atoms with Crippen LogP contribution in [0.5, 0.6) is 0 Å². The quantitative estimate of drug-likeness (QED) is 0.691. The predicted molar refractivity (Wildman–Crippen MR) is 89.4 cm³/mol. The Morgan fingerprint density at radius 1 is 1.43 bits per heavy atom. The fourth-order valence-electron chi connectivity index (χ4n) is 2.91. The Hall–Kier alpha value is -2.15. The van der Waals surface area contributed by atoms with Crippen molar-refractivity contribution in [3.8, 4) is 11.3 Å². The van der Waals surface area contributed by atoms with Crippen LogP contribution in [0.1, 0.15) is 32.9 Å². The number of fused-ring (bicyclic) bond motifs is 3. The molecule has 0 saturated heterocycles. The lowest BCUT2D eigenvalue weighted by molar-refractivity contribution is -0.768. The molecule has 1 aliphatic heterocycles. The largest absolute Gasteiger partial charge is 0.325 e. The van der Waals surface area contributed by atoms with E-state index < -0.39 is 0 Å². The number of amides is 1. The molecule has 0 bridgehead atoms. The molecule has 2 aromatic rings. The zero-order chi connectivity index (χ0) is 16.6. The zero-order valence-corrected chi connectivity index (χ0v) is 14.2.